The number of H-pyrrole nitrogens is 1. The molecule has 300 valence electrons. The first kappa shape index (κ1) is 42.4. The monoisotopic (exact) mass is 820 g/mol. The zero-order chi connectivity index (χ0) is 41.5. The molecule has 3 N–H and O–H groups in total. The number of nitrogens with one attached hydrogen (secondary N) is 1. The number of nitrogens with zero attached hydrogens (tertiary/aromatic N) is 7. The number of benzene rings is 2. The maximum Gasteiger partial charge on any atom is 1.00 e. The van der Waals surface area contributed by atoms with Crippen LogP contribution in [0.5, 0.6) is 0 Å². The Hall–Kier alpha value is -7.70. The molecule has 0 radical (unpaired) electrons. The number of hydrogen-bond acceptors (Lipinski definition) is 10. The summed E-state index contributed by atoms with van der Waals surface area (Å²) in [5.74, 6) is -2.40. The summed E-state index contributed by atoms with van der Waals surface area (Å²) in [7, 11) is 3.21. The van der Waals surface area contributed by atoms with Crippen molar-refractivity contribution in [3.8, 4) is 44.8 Å². The normalized spacial score (nSPS) is 10.8. The second-order valence-electron chi connectivity index (χ2n) is 13.7. The van der Waals surface area contributed by atoms with Crippen molar-refractivity contribution >= 4 is 55.8 Å². The van der Waals surface area contributed by atoms with Gasteiger partial charge in [0.25, 0.3) is 0 Å². The fourth-order valence-corrected chi connectivity index (χ4v) is 7.33. The van der Waals surface area contributed by atoms with Crippen LogP contribution in [0.3, 0.4) is 0 Å². The largest absolute Gasteiger partial charge is 1.00 e. The molecule has 0 aliphatic heterocycles. The summed E-state index contributed by atoms with van der Waals surface area (Å²) in [5, 5.41) is 12.0. The summed E-state index contributed by atoms with van der Waals surface area (Å²) >= 11 is 0. The van der Waals surface area contributed by atoms with Gasteiger partial charge in [-0.25, -0.2) is 28.3 Å². The molecule has 8 aromatic heterocycles. The number of methoxy groups -OCH3 is 1. The van der Waals surface area contributed by atoms with E-state index < -0.39 is 23.6 Å². The zero-order valence-corrected chi connectivity index (χ0v) is 33.2. The topological polar surface area (TPSA) is 192 Å². The number of halogens is 2. The van der Waals surface area contributed by atoms with Crippen molar-refractivity contribution < 1.29 is 52.6 Å². The number of aromatic carboxylic acids is 1. The van der Waals surface area contributed by atoms with Crippen molar-refractivity contribution in [2.45, 2.75) is 0 Å². The van der Waals surface area contributed by atoms with Crippen LogP contribution >= 0.6 is 0 Å². The molecule has 2 aromatic carbocycles. The minimum absolute atomic E-state index is 0. The van der Waals surface area contributed by atoms with Gasteiger partial charge in [0, 0.05) is 75.6 Å². The van der Waals surface area contributed by atoms with Crippen LogP contribution in [-0.4, -0.2) is 69.1 Å². The van der Waals surface area contributed by atoms with E-state index in [0.29, 0.717) is 55.6 Å². The van der Waals surface area contributed by atoms with E-state index in [-0.39, 0.29) is 29.9 Å². The van der Waals surface area contributed by atoms with Crippen LogP contribution in [0.4, 0.5) is 8.78 Å². The Kier molecular flexibility index (Phi) is 12.0. The van der Waals surface area contributed by atoms with E-state index >= 15 is 4.39 Å². The predicted octanol–water partition coefficient (Wildman–Crippen LogP) is 6.28. The number of carbonyl (C=O) groups is 2. The van der Waals surface area contributed by atoms with Crippen molar-refractivity contribution in [1.29, 1.82) is 0 Å². The van der Waals surface area contributed by atoms with Gasteiger partial charge < -0.3 is 24.9 Å². The molecular formula is C46H31F2LiN8O5. The maximum atomic E-state index is 15.1. The van der Waals surface area contributed by atoms with Crippen molar-refractivity contribution in [1.82, 2.24) is 39.5 Å². The van der Waals surface area contributed by atoms with Gasteiger partial charge in [-0.1, -0.05) is 24.3 Å². The summed E-state index contributed by atoms with van der Waals surface area (Å²) in [5.41, 5.74) is 8.46. The molecule has 0 fully saturated rings. The second-order valence-corrected chi connectivity index (χ2v) is 13.7. The molecular weight excluding hydrogens is 789 g/mol. The van der Waals surface area contributed by atoms with Gasteiger partial charge in [-0.2, -0.15) is 0 Å². The summed E-state index contributed by atoms with van der Waals surface area (Å²) in [6, 6.07) is 24.1. The van der Waals surface area contributed by atoms with E-state index in [9.17, 15) is 14.0 Å². The molecule has 0 bridgehead atoms. The van der Waals surface area contributed by atoms with Crippen molar-refractivity contribution in [3.63, 3.8) is 0 Å². The Labute approximate surface area is 362 Å². The van der Waals surface area contributed by atoms with Gasteiger partial charge in [-0.05, 0) is 71.8 Å². The smallest absolute Gasteiger partial charge is 0.870 e. The Morgan fingerprint density at radius 3 is 1.77 bits per heavy atom. The quantitative estimate of drug-likeness (QED) is 0.142. The van der Waals surface area contributed by atoms with Gasteiger partial charge in [-0.3, -0.25) is 19.9 Å². The first-order chi connectivity index (χ1) is 29.2. The molecule has 0 spiro atoms. The molecule has 16 heteroatoms. The maximum absolute atomic E-state index is 15.1. The number of esters is 1. The number of hydrogen-bond donors (Lipinski definition) is 2. The van der Waals surface area contributed by atoms with Crippen molar-refractivity contribution in [2.75, 3.05) is 7.11 Å². The van der Waals surface area contributed by atoms with E-state index in [2.05, 4.69) is 34.9 Å². The minimum atomic E-state index is -1.03. The first-order valence-corrected chi connectivity index (χ1v) is 18.4. The fraction of sp³-hybridized carbons (Fsp3) is 0.0435. The average Bonchev–Trinajstić information content (AvgIpc) is 3.80. The number of ether oxygens (including phenoxy) is 1. The van der Waals surface area contributed by atoms with Gasteiger partial charge in [-0.15, -0.1) is 0 Å². The molecule has 10 aromatic rings. The summed E-state index contributed by atoms with van der Waals surface area (Å²) < 4.78 is 36.6. The third-order valence-electron chi connectivity index (χ3n) is 10.2. The third-order valence-corrected chi connectivity index (χ3v) is 10.2. The number of rotatable bonds is 6. The number of aromatic amines is 1. The van der Waals surface area contributed by atoms with Gasteiger partial charge >= 0.3 is 30.8 Å². The number of aromatic nitrogens is 8. The number of pyridine rings is 6. The molecule has 0 aliphatic carbocycles. The third kappa shape index (κ3) is 7.63. The van der Waals surface area contributed by atoms with Crippen LogP contribution in [-0.2, 0) is 11.8 Å². The molecule has 10 rings (SSSR count). The molecule has 0 unspecified atom stereocenters. The van der Waals surface area contributed by atoms with Crippen LogP contribution in [0.15, 0.2) is 135 Å². The van der Waals surface area contributed by atoms with Crippen LogP contribution in [0, 0.1) is 11.6 Å². The Balaban J connectivity index is 0.000000181. The molecule has 0 aliphatic rings. The second kappa shape index (κ2) is 17.5. The number of fused-ring (bicyclic) bond motifs is 6. The molecule has 0 saturated carbocycles. The summed E-state index contributed by atoms with van der Waals surface area (Å²) in [6.45, 7) is 0. The molecule has 0 atom stereocenters. The summed E-state index contributed by atoms with van der Waals surface area (Å²) in [4.78, 5) is 51.9. The Bertz CT molecular complexity index is 3280. The molecule has 8 heterocycles. The van der Waals surface area contributed by atoms with Crippen LogP contribution in [0.2, 0.25) is 0 Å². The zero-order valence-electron chi connectivity index (χ0n) is 33.2. The number of carbonyl (C=O) groups excluding carboxylic acids is 1. The SMILES string of the molecule is COC(=O)c1ccc(-c2c(F)cnc3c2c2cc(-c4cccnc4)ncc2n3C)cc1.O=C(O)c1ccc(-c2c(F)cnc3[nH]c4cnc(-c5cccnc5)cc4c23)cc1.[Li+].[OH-]. The first-order valence-electron chi connectivity index (χ1n) is 18.4. The van der Waals surface area contributed by atoms with E-state index in [0.717, 1.165) is 44.8 Å². The van der Waals surface area contributed by atoms with Gasteiger partial charge in [0.05, 0.1) is 65.4 Å². The predicted molar refractivity (Wildman–Crippen MR) is 225 cm³/mol. The van der Waals surface area contributed by atoms with Crippen molar-refractivity contribution in [3.05, 3.63) is 157 Å². The standard InChI is InChI=1S/C24H17FN4O2.C22H13FN4O2.Li.H2O/c1-29-20-13-27-19(16-4-3-9-26-11-16)10-17(20)22-21(18(25)12-28-23(22)29)14-5-7-15(8-6-14)24(30)31-2;23-16-10-26-21-20(19(16)12-3-5-13(6-4-12)22(28)29)15-8-17(25-11-18(15)27-21)14-2-1-7-24-9-14;;/h3-13H,1-2H3;1-11H,(H,26,27)(H,28,29);;1H2/q;;+1;/p-1. The van der Waals surface area contributed by atoms with Crippen LogP contribution in [0.1, 0.15) is 20.7 Å². The number of carboxylic acids is 1. The van der Waals surface area contributed by atoms with Crippen molar-refractivity contribution in [2.24, 2.45) is 7.05 Å². The van der Waals surface area contributed by atoms with E-state index in [1.54, 1.807) is 73.6 Å². The van der Waals surface area contributed by atoms with Gasteiger partial charge in [0.2, 0.25) is 0 Å². The Morgan fingerprint density at radius 1 is 0.661 bits per heavy atom. The average molecular weight is 821 g/mol. The van der Waals surface area contributed by atoms with Gasteiger partial charge in [0.1, 0.15) is 22.9 Å². The van der Waals surface area contributed by atoms with E-state index in [1.165, 1.54) is 25.4 Å². The molecule has 0 saturated heterocycles. The number of aryl methyl sites for hydroxylation is 1. The van der Waals surface area contributed by atoms with E-state index in [4.69, 9.17) is 9.84 Å². The molecule has 62 heavy (non-hydrogen) atoms. The minimum Gasteiger partial charge on any atom is -0.870 e. The van der Waals surface area contributed by atoms with Gasteiger partial charge in [0.15, 0.2) is 0 Å². The molecule has 0 amide bonds. The van der Waals surface area contributed by atoms with Crippen LogP contribution < -0.4 is 18.9 Å². The van der Waals surface area contributed by atoms with E-state index in [1.807, 2.05) is 48.0 Å². The Morgan fingerprint density at radius 2 is 1.21 bits per heavy atom. The fourth-order valence-electron chi connectivity index (χ4n) is 7.33. The summed E-state index contributed by atoms with van der Waals surface area (Å²) in [6.07, 6.45) is 12.7. The number of carboxylic acid groups (broad SMARTS) is 1. The van der Waals surface area contributed by atoms with Crippen LogP contribution in [0.25, 0.3) is 88.6 Å². The molecule has 13 nitrogen and oxygen atoms in total.